The van der Waals surface area contributed by atoms with Crippen LogP contribution in [0.5, 0.6) is 0 Å². The largest absolute Gasteiger partial charge is 0.370 e. The zero-order chi connectivity index (χ0) is 26.1. The van der Waals surface area contributed by atoms with Crippen LogP contribution in [-0.2, 0) is 5.54 Å². The van der Waals surface area contributed by atoms with E-state index in [9.17, 15) is 9.59 Å². The molecule has 2 atom stereocenters. The maximum atomic E-state index is 13.7. The summed E-state index contributed by atoms with van der Waals surface area (Å²) in [7, 11) is 7.61. The molecule has 0 spiro atoms. The van der Waals surface area contributed by atoms with Gasteiger partial charge in [0.2, 0.25) is 5.95 Å². The molecule has 2 aromatic heterocycles. The lowest BCUT2D eigenvalue weighted by Crippen LogP contribution is -2.69. The van der Waals surface area contributed by atoms with Crippen LogP contribution in [0.15, 0.2) is 41.3 Å². The number of hydrogen-bond acceptors (Lipinski definition) is 7. The van der Waals surface area contributed by atoms with Crippen molar-refractivity contribution in [1.29, 1.82) is 0 Å². The highest BCUT2D eigenvalue weighted by molar-refractivity contribution is 5.96. The van der Waals surface area contributed by atoms with E-state index in [0.717, 1.165) is 31.6 Å². The molecule has 3 aromatic rings. The van der Waals surface area contributed by atoms with Crippen molar-refractivity contribution in [2.45, 2.75) is 37.8 Å². The Balaban J connectivity index is 1.32. The van der Waals surface area contributed by atoms with Gasteiger partial charge in [0.05, 0.1) is 5.54 Å². The minimum atomic E-state index is -0.294. The number of rotatable bonds is 6. The van der Waals surface area contributed by atoms with Gasteiger partial charge in [-0.05, 0) is 75.5 Å². The molecule has 1 N–H and O–H groups in total. The fourth-order valence-electron chi connectivity index (χ4n) is 6.32. The number of nitrogens with one attached hydrogen (secondary N) is 1. The zero-order valence-corrected chi connectivity index (χ0v) is 22.2. The highest BCUT2D eigenvalue weighted by atomic mass is 16.2. The first-order chi connectivity index (χ1) is 17.7. The van der Waals surface area contributed by atoms with E-state index in [2.05, 4.69) is 53.3 Å². The van der Waals surface area contributed by atoms with Gasteiger partial charge in [0.25, 0.3) is 11.5 Å². The van der Waals surface area contributed by atoms with Crippen molar-refractivity contribution in [2.24, 2.45) is 11.8 Å². The summed E-state index contributed by atoms with van der Waals surface area (Å²) < 4.78 is 1.80. The van der Waals surface area contributed by atoms with E-state index in [1.54, 1.807) is 30.9 Å². The molecule has 3 heterocycles. The van der Waals surface area contributed by atoms with Gasteiger partial charge in [0, 0.05) is 56.2 Å². The number of hydrogen-bond donors (Lipinski definition) is 1. The Bertz CT molecular complexity index is 1420. The number of amides is 1. The second kappa shape index (κ2) is 8.55. The van der Waals surface area contributed by atoms with Crippen LogP contribution in [0, 0.1) is 11.8 Å². The Hall–Kier alpha value is -3.46. The summed E-state index contributed by atoms with van der Waals surface area (Å²) >= 11 is 0. The van der Waals surface area contributed by atoms with Crippen molar-refractivity contribution in [3.05, 3.63) is 52.4 Å². The summed E-state index contributed by atoms with van der Waals surface area (Å²) in [6.07, 6.45) is 4.80. The molecule has 9 nitrogen and oxygen atoms in total. The fourth-order valence-corrected chi connectivity index (χ4v) is 6.32. The Morgan fingerprint density at radius 2 is 1.86 bits per heavy atom. The summed E-state index contributed by atoms with van der Waals surface area (Å²) in [6, 6.07) is 10.6. The molecule has 1 aliphatic heterocycles. The van der Waals surface area contributed by atoms with Gasteiger partial charge in [-0.15, -0.1) is 0 Å². The van der Waals surface area contributed by atoms with Crippen LogP contribution >= 0.6 is 0 Å². The molecule has 1 aromatic carbocycles. The molecule has 2 bridgehead atoms. The van der Waals surface area contributed by atoms with Gasteiger partial charge in [-0.25, -0.2) is 4.98 Å². The Labute approximate surface area is 217 Å². The van der Waals surface area contributed by atoms with Crippen molar-refractivity contribution in [2.75, 3.05) is 51.5 Å². The zero-order valence-electron chi connectivity index (χ0n) is 22.2. The van der Waals surface area contributed by atoms with Crippen molar-refractivity contribution >= 4 is 34.3 Å². The maximum absolute atomic E-state index is 13.7. The molecule has 0 radical (unpaired) electrons. The topological polar surface area (TPSA) is 86.6 Å². The number of benzene rings is 1. The first kappa shape index (κ1) is 23.9. The number of nitrogens with zero attached hydrogens (tertiary/aromatic N) is 6. The van der Waals surface area contributed by atoms with Crippen molar-refractivity contribution in [3.8, 4) is 0 Å². The molecule has 1 amide bonds. The average Bonchev–Trinajstić information content (AvgIpc) is 3.35. The average molecular weight is 502 g/mol. The normalized spacial score (nSPS) is 26.2. The van der Waals surface area contributed by atoms with E-state index in [-0.39, 0.29) is 22.6 Å². The van der Waals surface area contributed by atoms with Crippen molar-refractivity contribution in [1.82, 2.24) is 24.3 Å². The number of aromatic nitrogens is 3. The Morgan fingerprint density at radius 1 is 1.14 bits per heavy atom. The summed E-state index contributed by atoms with van der Waals surface area (Å²) in [5, 5.41) is 4.02. The third kappa shape index (κ3) is 3.70. The van der Waals surface area contributed by atoms with E-state index in [4.69, 9.17) is 4.98 Å². The van der Waals surface area contributed by atoms with Crippen LogP contribution in [0.2, 0.25) is 0 Å². The standard InChI is InChI=1S/C28H35N7O2/c1-17-19-13-28(17,14-19)35-24-18(12-23(26(35)37)25(36)33(4)5)15-29-27(31-24)30-20-6-8-21(9-7-20)34-11-10-22(16-34)32(2)3/h6-9,12,15,17,19,22H,10-11,13-14,16H2,1-5H3,(H,29,30,31)/t17-,19?,22?,28?/m1/s1. The van der Waals surface area contributed by atoms with Crippen LogP contribution in [0.25, 0.3) is 11.0 Å². The molecular weight excluding hydrogens is 466 g/mol. The summed E-state index contributed by atoms with van der Waals surface area (Å²) in [5.41, 5.74) is 2.35. The highest BCUT2D eigenvalue weighted by Crippen LogP contribution is 2.66. The smallest absolute Gasteiger partial charge is 0.265 e. The van der Waals surface area contributed by atoms with Gasteiger partial charge in [-0.1, -0.05) is 6.92 Å². The van der Waals surface area contributed by atoms with Gasteiger partial charge in [-0.3, -0.25) is 14.2 Å². The van der Waals surface area contributed by atoms with Gasteiger partial charge < -0.3 is 20.0 Å². The van der Waals surface area contributed by atoms with Crippen LogP contribution in [0.3, 0.4) is 0 Å². The Kier molecular flexibility index (Phi) is 5.52. The predicted octanol–water partition coefficient (Wildman–Crippen LogP) is 3.13. The minimum Gasteiger partial charge on any atom is -0.370 e. The summed E-state index contributed by atoms with van der Waals surface area (Å²) in [4.78, 5) is 42.0. The third-order valence-corrected chi connectivity index (χ3v) is 8.99. The number of anilines is 3. The molecule has 194 valence electrons. The molecular formula is C28H35N7O2. The molecule has 9 heteroatoms. The number of pyridine rings is 1. The van der Waals surface area contributed by atoms with E-state index < -0.39 is 0 Å². The lowest BCUT2D eigenvalue weighted by atomic mass is 9.42. The molecule has 3 aliphatic carbocycles. The van der Waals surface area contributed by atoms with Gasteiger partial charge in [-0.2, -0.15) is 4.98 Å². The second-order valence-electron chi connectivity index (χ2n) is 11.5. The summed E-state index contributed by atoms with van der Waals surface area (Å²) in [6.45, 7) is 4.28. The van der Waals surface area contributed by atoms with Gasteiger partial charge in [0.15, 0.2) is 0 Å². The first-order valence-electron chi connectivity index (χ1n) is 13.1. The number of carbonyl (C=O) groups is 1. The van der Waals surface area contributed by atoms with E-state index >= 15 is 0 Å². The van der Waals surface area contributed by atoms with Crippen LogP contribution in [-0.4, -0.2) is 77.6 Å². The number of likely N-dealkylation sites (N-methyl/N-ethyl adjacent to an activating group) is 1. The highest BCUT2D eigenvalue weighted by Gasteiger charge is 2.65. The van der Waals surface area contributed by atoms with E-state index in [1.165, 1.54) is 17.0 Å². The molecule has 7 rings (SSSR count). The predicted molar refractivity (Wildman–Crippen MR) is 146 cm³/mol. The second-order valence-corrected chi connectivity index (χ2v) is 11.5. The SMILES string of the molecule is C[C@@H]1C2CC1(n1c(=O)c(C(=O)N(C)C)cc3cnc(Nc4ccc(N5CCC(N(C)C)C5)cc4)nc31)C2. The van der Waals surface area contributed by atoms with Crippen LogP contribution in [0.1, 0.15) is 36.5 Å². The summed E-state index contributed by atoms with van der Waals surface area (Å²) in [5.74, 6) is 1.19. The molecule has 3 saturated carbocycles. The van der Waals surface area contributed by atoms with E-state index in [1.807, 2.05) is 12.1 Å². The van der Waals surface area contributed by atoms with Gasteiger partial charge >= 0.3 is 0 Å². The molecule has 1 unspecified atom stereocenters. The third-order valence-electron chi connectivity index (χ3n) is 8.99. The minimum absolute atomic E-state index is 0.174. The number of fused-ring (bicyclic) bond motifs is 1. The molecule has 4 aliphatic rings. The molecule has 37 heavy (non-hydrogen) atoms. The monoisotopic (exact) mass is 501 g/mol. The lowest BCUT2D eigenvalue weighted by molar-refractivity contribution is -0.162. The van der Waals surface area contributed by atoms with Crippen LogP contribution in [0.4, 0.5) is 17.3 Å². The number of carbonyl (C=O) groups excluding carboxylic acids is 1. The quantitative estimate of drug-likeness (QED) is 0.555. The van der Waals surface area contributed by atoms with Crippen molar-refractivity contribution < 1.29 is 4.79 Å². The molecule has 4 fully saturated rings. The van der Waals surface area contributed by atoms with Crippen molar-refractivity contribution in [3.63, 3.8) is 0 Å². The first-order valence-corrected chi connectivity index (χ1v) is 13.1. The Morgan fingerprint density at radius 3 is 2.43 bits per heavy atom. The lowest BCUT2D eigenvalue weighted by Gasteiger charge is -2.68. The van der Waals surface area contributed by atoms with E-state index in [0.29, 0.717) is 34.9 Å². The fraction of sp³-hybridized carbons (Fsp3) is 0.500. The van der Waals surface area contributed by atoms with Crippen LogP contribution < -0.4 is 15.8 Å². The molecule has 1 saturated heterocycles. The van der Waals surface area contributed by atoms with Gasteiger partial charge in [0.1, 0.15) is 11.2 Å². The maximum Gasteiger partial charge on any atom is 0.265 e.